The van der Waals surface area contributed by atoms with Crippen molar-refractivity contribution >= 4 is 29.3 Å². The fourth-order valence-electron chi connectivity index (χ4n) is 4.33. The summed E-state index contributed by atoms with van der Waals surface area (Å²) in [6.45, 7) is 7.53. The molecule has 0 aromatic heterocycles. The topological polar surface area (TPSA) is 140 Å². The van der Waals surface area contributed by atoms with Crippen LogP contribution in [0, 0.1) is 0 Å². The van der Waals surface area contributed by atoms with Gasteiger partial charge < -0.3 is 29.7 Å². The summed E-state index contributed by atoms with van der Waals surface area (Å²) in [5.41, 5.74) is 0. The van der Waals surface area contributed by atoms with Gasteiger partial charge in [0.1, 0.15) is 11.6 Å². The molecule has 0 unspecified atom stereocenters. The van der Waals surface area contributed by atoms with Gasteiger partial charge in [-0.3, -0.25) is 24.0 Å². The van der Waals surface area contributed by atoms with E-state index in [1.54, 1.807) is 0 Å². The van der Waals surface area contributed by atoms with Crippen LogP contribution in [0.1, 0.15) is 111 Å². The highest BCUT2D eigenvalue weighted by Gasteiger charge is 2.17. The molecule has 0 aliphatic heterocycles. The predicted molar refractivity (Wildman–Crippen MR) is 167 cm³/mol. The van der Waals surface area contributed by atoms with Crippen LogP contribution in [0.5, 0.6) is 0 Å². The molecule has 0 atom stereocenters. The Morgan fingerprint density at radius 1 is 0.512 bits per heavy atom. The second-order valence-electron chi connectivity index (χ2n) is 11.0. The summed E-state index contributed by atoms with van der Waals surface area (Å²) in [6.07, 6.45) is 14.7. The molecule has 0 fully saturated rings. The number of Topliss-reactive ketones (excluding diaryl/α,β-unsaturated/α-hetero) is 2. The summed E-state index contributed by atoms with van der Waals surface area (Å²) >= 11 is 0. The Morgan fingerprint density at radius 3 is 1.49 bits per heavy atom. The van der Waals surface area contributed by atoms with Gasteiger partial charge in [0.05, 0.1) is 52.7 Å². The Balaban J connectivity index is 3.48. The number of ketones is 2. The van der Waals surface area contributed by atoms with Gasteiger partial charge in [0.25, 0.3) is 0 Å². The van der Waals surface area contributed by atoms with E-state index in [0.29, 0.717) is 46.0 Å². The average molecular weight is 614 g/mol. The second-order valence-corrected chi connectivity index (χ2v) is 11.0. The third kappa shape index (κ3) is 29.5. The number of ether oxygens (including phenoxy) is 3. The SMILES string of the molecule is CCCCCCCCCCCCCC(=O)NCCOCCOCCOCCC(=O)NCCC(=O)N(CC(C)=O)CC(C)=O. The van der Waals surface area contributed by atoms with E-state index in [1.165, 1.54) is 76.5 Å². The molecule has 0 rings (SSSR count). The van der Waals surface area contributed by atoms with Crippen LogP contribution in [0.4, 0.5) is 0 Å². The molecule has 250 valence electrons. The zero-order valence-corrected chi connectivity index (χ0v) is 27.2. The van der Waals surface area contributed by atoms with Crippen LogP contribution in [-0.2, 0) is 38.2 Å². The Labute approximate surface area is 259 Å². The number of hydrogen-bond donors (Lipinski definition) is 2. The van der Waals surface area contributed by atoms with Crippen molar-refractivity contribution in [3.8, 4) is 0 Å². The lowest BCUT2D eigenvalue weighted by Gasteiger charge is -2.20. The van der Waals surface area contributed by atoms with Crippen LogP contribution >= 0.6 is 0 Å². The van der Waals surface area contributed by atoms with Crippen LogP contribution in [0.2, 0.25) is 0 Å². The number of nitrogens with zero attached hydrogens (tertiary/aromatic N) is 1. The van der Waals surface area contributed by atoms with Gasteiger partial charge in [-0.15, -0.1) is 0 Å². The number of carbonyl (C=O) groups excluding carboxylic acids is 5. The number of nitrogens with one attached hydrogen (secondary N) is 2. The minimum atomic E-state index is -0.359. The van der Waals surface area contributed by atoms with Crippen molar-refractivity contribution in [2.75, 3.05) is 65.8 Å². The summed E-state index contributed by atoms with van der Waals surface area (Å²) in [7, 11) is 0. The third-order valence-corrected chi connectivity index (χ3v) is 6.63. The molecule has 0 radical (unpaired) electrons. The predicted octanol–water partition coefficient (Wildman–Crippen LogP) is 3.76. The first-order valence-corrected chi connectivity index (χ1v) is 16.3. The summed E-state index contributed by atoms with van der Waals surface area (Å²) in [5.74, 6) is -0.952. The zero-order valence-electron chi connectivity index (χ0n) is 27.2. The van der Waals surface area contributed by atoms with Crippen LogP contribution in [0.15, 0.2) is 0 Å². The number of carbonyl (C=O) groups is 5. The number of hydrogen-bond acceptors (Lipinski definition) is 8. The standard InChI is InChI=1S/C32H59N3O8/c1-4-5-6-7-8-9-10-11-12-13-14-15-30(38)34-19-21-42-23-25-43-24-22-41-20-17-31(39)33-18-16-32(40)35(26-28(2)36)27-29(3)37/h4-27H2,1-3H3,(H,33,39)(H,34,38). The van der Waals surface area contributed by atoms with E-state index in [4.69, 9.17) is 14.2 Å². The van der Waals surface area contributed by atoms with Gasteiger partial charge in [0.15, 0.2) is 0 Å². The molecule has 0 saturated heterocycles. The molecule has 0 spiro atoms. The maximum Gasteiger partial charge on any atom is 0.225 e. The van der Waals surface area contributed by atoms with Gasteiger partial charge in [0, 0.05) is 32.4 Å². The quantitative estimate of drug-likeness (QED) is 0.113. The first-order valence-electron chi connectivity index (χ1n) is 16.3. The van der Waals surface area contributed by atoms with Crippen molar-refractivity contribution in [3.05, 3.63) is 0 Å². The Morgan fingerprint density at radius 2 is 0.953 bits per heavy atom. The van der Waals surface area contributed by atoms with E-state index in [-0.39, 0.29) is 68.4 Å². The molecule has 0 aromatic carbocycles. The van der Waals surface area contributed by atoms with Crippen LogP contribution in [0.25, 0.3) is 0 Å². The van der Waals surface area contributed by atoms with E-state index in [2.05, 4.69) is 17.6 Å². The van der Waals surface area contributed by atoms with Crippen molar-refractivity contribution < 1.29 is 38.2 Å². The van der Waals surface area contributed by atoms with Gasteiger partial charge in [-0.05, 0) is 20.3 Å². The maximum absolute atomic E-state index is 12.2. The molecule has 0 aliphatic rings. The maximum atomic E-state index is 12.2. The summed E-state index contributed by atoms with van der Waals surface area (Å²) in [5, 5.41) is 5.52. The van der Waals surface area contributed by atoms with E-state index >= 15 is 0 Å². The fraction of sp³-hybridized carbons (Fsp3) is 0.844. The number of rotatable bonds is 31. The normalized spacial score (nSPS) is 10.9. The van der Waals surface area contributed by atoms with Crippen LogP contribution in [0.3, 0.4) is 0 Å². The van der Waals surface area contributed by atoms with Crippen molar-refractivity contribution in [2.45, 2.75) is 111 Å². The highest BCUT2D eigenvalue weighted by Crippen LogP contribution is 2.11. The largest absolute Gasteiger partial charge is 0.379 e. The van der Waals surface area contributed by atoms with Crippen molar-refractivity contribution in [2.24, 2.45) is 0 Å². The molecule has 0 aliphatic carbocycles. The second kappa shape index (κ2) is 29.7. The third-order valence-electron chi connectivity index (χ3n) is 6.63. The van der Waals surface area contributed by atoms with Crippen LogP contribution < -0.4 is 10.6 Å². The molecule has 11 heteroatoms. The van der Waals surface area contributed by atoms with Gasteiger partial charge in [-0.25, -0.2) is 0 Å². The van der Waals surface area contributed by atoms with Gasteiger partial charge in [-0.2, -0.15) is 0 Å². The molecule has 2 N–H and O–H groups in total. The molecule has 0 bridgehead atoms. The fourth-order valence-corrected chi connectivity index (χ4v) is 4.33. The number of amides is 3. The van der Waals surface area contributed by atoms with E-state index in [9.17, 15) is 24.0 Å². The molecule has 11 nitrogen and oxygen atoms in total. The Kier molecular flexibility index (Phi) is 28.1. The molecule has 0 saturated carbocycles. The minimum Gasteiger partial charge on any atom is -0.379 e. The first-order chi connectivity index (χ1) is 20.8. The van der Waals surface area contributed by atoms with Gasteiger partial charge >= 0.3 is 0 Å². The first kappa shape index (κ1) is 40.6. The lowest BCUT2D eigenvalue weighted by atomic mass is 10.1. The average Bonchev–Trinajstić information content (AvgIpc) is 2.95. The smallest absolute Gasteiger partial charge is 0.225 e. The highest BCUT2D eigenvalue weighted by molar-refractivity contribution is 5.89. The lowest BCUT2D eigenvalue weighted by molar-refractivity contribution is -0.137. The molecule has 0 heterocycles. The lowest BCUT2D eigenvalue weighted by Crippen LogP contribution is -2.40. The Hall–Kier alpha value is -2.37. The van der Waals surface area contributed by atoms with E-state index < -0.39 is 0 Å². The Bertz CT molecular complexity index is 747. The van der Waals surface area contributed by atoms with Crippen LogP contribution in [-0.4, -0.2) is 100 Å². The summed E-state index contributed by atoms with van der Waals surface area (Å²) < 4.78 is 16.3. The van der Waals surface area contributed by atoms with E-state index in [0.717, 1.165) is 12.8 Å². The van der Waals surface area contributed by atoms with Crippen molar-refractivity contribution in [1.82, 2.24) is 15.5 Å². The van der Waals surface area contributed by atoms with Crippen molar-refractivity contribution in [1.29, 1.82) is 0 Å². The number of unbranched alkanes of at least 4 members (excludes halogenated alkanes) is 10. The van der Waals surface area contributed by atoms with Crippen molar-refractivity contribution in [3.63, 3.8) is 0 Å². The molecular weight excluding hydrogens is 554 g/mol. The highest BCUT2D eigenvalue weighted by atomic mass is 16.5. The molecule has 3 amide bonds. The molecular formula is C32H59N3O8. The monoisotopic (exact) mass is 613 g/mol. The summed E-state index contributed by atoms with van der Waals surface area (Å²) in [4.78, 5) is 59.8. The zero-order chi connectivity index (χ0) is 32.0. The van der Waals surface area contributed by atoms with Gasteiger partial charge in [0.2, 0.25) is 17.7 Å². The minimum absolute atomic E-state index is 0.00881. The molecule has 0 aromatic rings. The van der Waals surface area contributed by atoms with E-state index in [1.807, 2.05) is 0 Å². The summed E-state index contributed by atoms with van der Waals surface area (Å²) in [6, 6.07) is 0. The molecule has 43 heavy (non-hydrogen) atoms. The van der Waals surface area contributed by atoms with Gasteiger partial charge in [-0.1, -0.05) is 71.1 Å².